The van der Waals surface area contributed by atoms with E-state index in [0.717, 1.165) is 0 Å². The molecule has 0 bridgehead atoms. The second-order valence-electron chi connectivity index (χ2n) is 12.1. The molecule has 12 heteroatoms. The van der Waals surface area contributed by atoms with Crippen LogP contribution >= 0.6 is 0 Å². The van der Waals surface area contributed by atoms with Crippen molar-refractivity contribution in [1.82, 2.24) is 4.90 Å². The number of allylic oxidation sites excluding steroid dienone is 2. The summed E-state index contributed by atoms with van der Waals surface area (Å²) in [7, 11) is 0. The van der Waals surface area contributed by atoms with Gasteiger partial charge in [0.05, 0.1) is 23.7 Å². The molecule has 0 aliphatic heterocycles. The van der Waals surface area contributed by atoms with Gasteiger partial charge in [0, 0.05) is 64.6 Å². The van der Waals surface area contributed by atoms with Gasteiger partial charge in [0.15, 0.2) is 0 Å². The zero-order valence-corrected chi connectivity index (χ0v) is 27.5. The maximum Gasteiger partial charge on any atom is 0.306 e. The molecule has 44 heavy (non-hydrogen) atoms. The van der Waals surface area contributed by atoms with Crippen molar-refractivity contribution in [3.63, 3.8) is 0 Å². The van der Waals surface area contributed by atoms with E-state index in [-0.39, 0.29) is 62.6 Å². The lowest BCUT2D eigenvalue weighted by Crippen LogP contribution is -2.34. The Hall–Kier alpha value is -3.12. The van der Waals surface area contributed by atoms with E-state index in [9.17, 15) is 24.3 Å². The number of aliphatic hydroxyl groups excluding tert-OH is 1. The van der Waals surface area contributed by atoms with Crippen LogP contribution in [0.15, 0.2) is 24.7 Å². The SMILES string of the molecule is C=C(O)CCCC(=C)OCCN(CCOC(=O)CCCC(=O)O)CCOC(=O)CCCC(=O)OC(C)(C)CCOC(C)(C)C. The average Bonchev–Trinajstić information content (AvgIpc) is 2.86. The summed E-state index contributed by atoms with van der Waals surface area (Å²) in [6.45, 7) is 19.0. The Morgan fingerprint density at radius 2 is 1.11 bits per heavy atom. The second kappa shape index (κ2) is 22.4. The second-order valence-corrected chi connectivity index (χ2v) is 12.1. The topological polar surface area (TPSA) is 158 Å². The number of aliphatic carboxylic acids is 1. The molecule has 0 saturated carbocycles. The van der Waals surface area contributed by atoms with Crippen LogP contribution in [0.2, 0.25) is 0 Å². The van der Waals surface area contributed by atoms with Gasteiger partial charge in [0.2, 0.25) is 0 Å². The van der Waals surface area contributed by atoms with Gasteiger partial charge < -0.3 is 33.9 Å². The summed E-state index contributed by atoms with van der Waals surface area (Å²) < 4.78 is 27.5. The van der Waals surface area contributed by atoms with E-state index in [1.54, 1.807) is 0 Å². The lowest BCUT2D eigenvalue weighted by molar-refractivity contribution is -0.159. The van der Waals surface area contributed by atoms with E-state index in [1.807, 2.05) is 39.5 Å². The molecule has 0 heterocycles. The van der Waals surface area contributed by atoms with Gasteiger partial charge in [0.25, 0.3) is 0 Å². The summed E-state index contributed by atoms with van der Waals surface area (Å²) in [6.07, 6.45) is 2.83. The normalized spacial score (nSPS) is 11.6. The highest BCUT2D eigenvalue weighted by atomic mass is 16.6. The summed E-state index contributed by atoms with van der Waals surface area (Å²) >= 11 is 0. The van der Waals surface area contributed by atoms with Crippen molar-refractivity contribution in [3.05, 3.63) is 24.7 Å². The van der Waals surface area contributed by atoms with Crippen molar-refractivity contribution in [1.29, 1.82) is 0 Å². The number of rotatable bonds is 26. The number of hydrogen-bond acceptors (Lipinski definition) is 11. The molecule has 0 radical (unpaired) electrons. The van der Waals surface area contributed by atoms with Gasteiger partial charge in [-0.2, -0.15) is 0 Å². The molecule has 0 aromatic heterocycles. The zero-order valence-electron chi connectivity index (χ0n) is 27.5. The fraction of sp³-hybridized carbons (Fsp3) is 0.750. The van der Waals surface area contributed by atoms with E-state index in [0.29, 0.717) is 70.7 Å². The minimum Gasteiger partial charge on any atom is -0.513 e. The molecule has 0 atom stereocenters. The highest BCUT2D eigenvalue weighted by molar-refractivity contribution is 5.73. The van der Waals surface area contributed by atoms with Gasteiger partial charge in [-0.15, -0.1) is 0 Å². The molecule has 12 nitrogen and oxygen atoms in total. The van der Waals surface area contributed by atoms with Crippen LogP contribution in [0.4, 0.5) is 0 Å². The van der Waals surface area contributed by atoms with Crippen molar-refractivity contribution in [2.24, 2.45) is 0 Å². The number of aliphatic hydroxyl groups is 1. The van der Waals surface area contributed by atoms with Crippen LogP contribution < -0.4 is 0 Å². The van der Waals surface area contributed by atoms with Crippen LogP contribution in [-0.2, 0) is 42.9 Å². The van der Waals surface area contributed by atoms with Crippen LogP contribution in [-0.4, -0.2) is 96.3 Å². The molecule has 0 aromatic rings. The van der Waals surface area contributed by atoms with Crippen LogP contribution in [0.1, 0.15) is 98.8 Å². The van der Waals surface area contributed by atoms with Gasteiger partial charge in [0.1, 0.15) is 25.4 Å². The number of hydrogen-bond donors (Lipinski definition) is 2. The Morgan fingerprint density at radius 3 is 1.61 bits per heavy atom. The first-order valence-corrected chi connectivity index (χ1v) is 15.3. The van der Waals surface area contributed by atoms with Crippen molar-refractivity contribution >= 4 is 23.9 Å². The molecular formula is C32H55NO11. The molecule has 254 valence electrons. The number of ether oxygens (including phenoxy) is 5. The Kier molecular flexibility index (Phi) is 20.8. The number of carboxylic acid groups (broad SMARTS) is 1. The van der Waals surface area contributed by atoms with Crippen LogP contribution in [0.3, 0.4) is 0 Å². The van der Waals surface area contributed by atoms with Crippen molar-refractivity contribution in [3.8, 4) is 0 Å². The van der Waals surface area contributed by atoms with Crippen LogP contribution in [0.25, 0.3) is 0 Å². The Balaban J connectivity index is 4.53. The summed E-state index contributed by atoms with van der Waals surface area (Å²) in [5.41, 5.74) is -0.945. The van der Waals surface area contributed by atoms with Crippen molar-refractivity contribution in [2.45, 2.75) is 110 Å². The smallest absolute Gasteiger partial charge is 0.306 e. The highest BCUT2D eigenvalue weighted by Gasteiger charge is 2.24. The molecule has 0 spiro atoms. The molecule has 0 fully saturated rings. The average molecular weight is 630 g/mol. The Morgan fingerprint density at radius 1 is 0.636 bits per heavy atom. The van der Waals surface area contributed by atoms with Crippen molar-refractivity contribution < 1.29 is 53.1 Å². The minimum absolute atomic E-state index is 0.0176. The minimum atomic E-state index is -0.970. The summed E-state index contributed by atoms with van der Waals surface area (Å²) in [6, 6.07) is 0. The predicted molar refractivity (Wildman–Crippen MR) is 165 cm³/mol. The molecular weight excluding hydrogens is 574 g/mol. The monoisotopic (exact) mass is 629 g/mol. The third-order valence-electron chi connectivity index (χ3n) is 6.14. The Labute approximate surface area is 262 Å². The third-order valence-corrected chi connectivity index (χ3v) is 6.14. The molecule has 0 aromatic carbocycles. The van der Waals surface area contributed by atoms with E-state index in [2.05, 4.69) is 13.2 Å². The largest absolute Gasteiger partial charge is 0.513 e. The number of carboxylic acids is 1. The lowest BCUT2D eigenvalue weighted by atomic mass is 10.1. The summed E-state index contributed by atoms with van der Waals surface area (Å²) in [4.78, 5) is 48.9. The van der Waals surface area contributed by atoms with Gasteiger partial charge in [-0.1, -0.05) is 13.2 Å². The third kappa shape index (κ3) is 26.5. The van der Waals surface area contributed by atoms with Gasteiger partial charge >= 0.3 is 23.9 Å². The van der Waals surface area contributed by atoms with Crippen LogP contribution in [0.5, 0.6) is 0 Å². The maximum absolute atomic E-state index is 12.3. The molecule has 0 aliphatic carbocycles. The van der Waals surface area contributed by atoms with E-state index in [4.69, 9.17) is 28.8 Å². The molecule has 0 amide bonds. The summed E-state index contributed by atoms with van der Waals surface area (Å²) in [5.74, 6) is -1.59. The zero-order chi connectivity index (χ0) is 33.6. The van der Waals surface area contributed by atoms with E-state index < -0.39 is 23.5 Å². The van der Waals surface area contributed by atoms with Gasteiger partial charge in [-0.05, 0) is 53.9 Å². The maximum atomic E-state index is 12.3. The van der Waals surface area contributed by atoms with Crippen molar-refractivity contribution in [2.75, 3.05) is 46.1 Å². The fourth-order valence-corrected chi connectivity index (χ4v) is 3.71. The van der Waals surface area contributed by atoms with Gasteiger partial charge in [-0.25, -0.2) is 0 Å². The number of carbonyl (C=O) groups excluding carboxylic acids is 3. The number of esters is 3. The van der Waals surface area contributed by atoms with Gasteiger partial charge in [-0.3, -0.25) is 24.1 Å². The summed E-state index contributed by atoms with van der Waals surface area (Å²) in [5, 5.41) is 17.9. The molecule has 0 rings (SSSR count). The number of carbonyl (C=O) groups is 4. The number of nitrogens with zero attached hydrogens (tertiary/aromatic N) is 1. The molecule has 2 N–H and O–H groups in total. The first-order valence-electron chi connectivity index (χ1n) is 15.3. The lowest BCUT2D eigenvalue weighted by Gasteiger charge is -2.27. The van der Waals surface area contributed by atoms with E-state index >= 15 is 0 Å². The standard InChI is InChI=1S/C32H55NO11/c1-25(34)11-8-12-26(2)40-22-18-33(19-23-41-28(37)14-9-13-27(35)36)20-24-42-29(38)15-10-16-30(39)44-32(6,7)17-21-43-31(3,4)5/h34H,1-2,8-24H2,3-7H3,(H,35,36). The first-order chi connectivity index (χ1) is 20.5. The van der Waals surface area contributed by atoms with E-state index in [1.165, 1.54) is 0 Å². The quantitative estimate of drug-likeness (QED) is 0.0742. The first kappa shape index (κ1) is 40.9. The fourth-order valence-electron chi connectivity index (χ4n) is 3.71. The molecule has 0 aliphatic rings. The van der Waals surface area contributed by atoms with Crippen LogP contribution in [0, 0.1) is 0 Å². The predicted octanol–water partition coefficient (Wildman–Crippen LogP) is 5.10. The Bertz CT molecular complexity index is 870. The molecule has 0 unspecified atom stereocenters. The highest BCUT2D eigenvalue weighted by Crippen LogP contribution is 2.18. The molecule has 0 saturated heterocycles.